The van der Waals surface area contributed by atoms with Crippen LogP contribution >= 0.6 is 0 Å². The minimum Gasteiger partial charge on any atom is -0.338 e. The summed E-state index contributed by atoms with van der Waals surface area (Å²) in [7, 11) is 1.73. The number of carbonyl (C=O) groups is 1. The average Bonchev–Trinajstić information content (AvgIpc) is 2.98. The van der Waals surface area contributed by atoms with Crippen LogP contribution in [0.3, 0.4) is 0 Å². The Labute approximate surface area is 97.6 Å². The van der Waals surface area contributed by atoms with Gasteiger partial charge in [0.25, 0.3) is 0 Å². The van der Waals surface area contributed by atoms with Crippen molar-refractivity contribution in [2.75, 3.05) is 7.05 Å². The summed E-state index contributed by atoms with van der Waals surface area (Å²) in [5.41, 5.74) is 0. The number of amides is 1. The molecule has 17 heavy (non-hydrogen) atoms. The lowest BCUT2D eigenvalue weighted by Crippen LogP contribution is -2.27. The predicted molar refractivity (Wildman–Crippen MR) is 57.5 cm³/mol. The van der Waals surface area contributed by atoms with Crippen LogP contribution in [-0.2, 0) is 17.9 Å². The van der Waals surface area contributed by atoms with E-state index in [-0.39, 0.29) is 5.91 Å². The number of nitrogens with zero attached hydrogens (tertiary/aromatic N) is 6. The van der Waals surface area contributed by atoms with Crippen molar-refractivity contribution in [3.8, 4) is 0 Å². The Morgan fingerprint density at radius 1 is 1.59 bits per heavy atom. The molecule has 2 rings (SSSR count). The highest BCUT2D eigenvalue weighted by Gasteiger charge is 2.10. The van der Waals surface area contributed by atoms with Crippen molar-refractivity contribution in [1.29, 1.82) is 0 Å². The molecule has 0 bridgehead atoms. The van der Waals surface area contributed by atoms with Crippen molar-refractivity contribution < 1.29 is 4.79 Å². The number of carbonyl (C=O) groups excluding carboxylic acids is 1. The van der Waals surface area contributed by atoms with Gasteiger partial charge in [-0.1, -0.05) is 5.21 Å². The van der Waals surface area contributed by atoms with E-state index in [1.165, 1.54) is 6.33 Å². The topological polar surface area (TPSA) is 92.6 Å². The number of hydrogen-bond acceptors (Lipinski definition) is 5. The largest absolute Gasteiger partial charge is 0.338 e. The summed E-state index contributed by atoms with van der Waals surface area (Å²) in [4.78, 5) is 17.3. The summed E-state index contributed by atoms with van der Waals surface area (Å²) in [5.74, 6) is 0.693. The van der Waals surface area contributed by atoms with Gasteiger partial charge in [-0.2, -0.15) is 5.10 Å². The zero-order valence-electron chi connectivity index (χ0n) is 9.44. The second kappa shape index (κ2) is 5.19. The van der Waals surface area contributed by atoms with Crippen LogP contribution in [0.5, 0.6) is 0 Å². The summed E-state index contributed by atoms with van der Waals surface area (Å²) >= 11 is 0. The van der Waals surface area contributed by atoms with Crippen LogP contribution < -0.4 is 0 Å². The van der Waals surface area contributed by atoms with Crippen molar-refractivity contribution in [3.63, 3.8) is 0 Å². The van der Waals surface area contributed by atoms with E-state index in [2.05, 4.69) is 25.5 Å². The lowest BCUT2D eigenvalue weighted by molar-refractivity contribution is -0.130. The van der Waals surface area contributed by atoms with E-state index in [0.717, 1.165) is 0 Å². The Kier molecular flexibility index (Phi) is 3.43. The zero-order valence-corrected chi connectivity index (χ0v) is 9.44. The molecule has 0 radical (unpaired) electrons. The molecule has 0 spiro atoms. The van der Waals surface area contributed by atoms with Gasteiger partial charge < -0.3 is 4.90 Å². The van der Waals surface area contributed by atoms with E-state index in [0.29, 0.717) is 25.3 Å². The normalized spacial score (nSPS) is 10.4. The molecule has 0 aliphatic rings. The molecule has 1 amide bonds. The molecule has 0 unspecified atom stereocenters. The fraction of sp³-hybridized carbons (Fsp3) is 0.444. The van der Waals surface area contributed by atoms with E-state index < -0.39 is 0 Å². The van der Waals surface area contributed by atoms with Gasteiger partial charge in [-0.25, -0.2) is 4.98 Å². The van der Waals surface area contributed by atoms with Gasteiger partial charge in [0.1, 0.15) is 12.2 Å². The van der Waals surface area contributed by atoms with Crippen molar-refractivity contribution in [3.05, 3.63) is 24.5 Å². The van der Waals surface area contributed by atoms with Gasteiger partial charge in [-0.15, -0.1) is 5.10 Å². The Morgan fingerprint density at radius 3 is 3.12 bits per heavy atom. The number of aryl methyl sites for hydroxylation is 1. The fourth-order valence-electron chi connectivity index (χ4n) is 1.37. The van der Waals surface area contributed by atoms with E-state index in [9.17, 15) is 4.79 Å². The predicted octanol–water partition coefficient (Wildman–Crippen LogP) is -0.555. The summed E-state index contributed by atoms with van der Waals surface area (Å²) in [5, 5.41) is 13.9. The van der Waals surface area contributed by atoms with Crippen LogP contribution in [0.2, 0.25) is 0 Å². The Balaban J connectivity index is 1.79. The monoisotopic (exact) mass is 235 g/mol. The number of hydrogen-bond donors (Lipinski definition) is 1. The SMILES string of the molecule is CN(Cc1ncn[nH]1)C(=O)CCn1ccnn1. The number of H-pyrrole nitrogens is 1. The minimum atomic E-state index is 0.0249. The molecule has 8 nitrogen and oxygen atoms in total. The molecule has 2 aromatic heterocycles. The van der Waals surface area contributed by atoms with Crippen molar-refractivity contribution in [1.82, 2.24) is 35.1 Å². The third kappa shape index (κ3) is 3.10. The molecule has 0 atom stereocenters. The quantitative estimate of drug-likeness (QED) is 0.750. The number of aromatic nitrogens is 6. The summed E-state index contributed by atoms with van der Waals surface area (Å²) in [6.07, 6.45) is 5.11. The molecule has 8 heteroatoms. The van der Waals surface area contributed by atoms with Crippen LogP contribution in [-0.4, -0.2) is 48.0 Å². The molecule has 0 saturated carbocycles. The Morgan fingerprint density at radius 2 is 2.47 bits per heavy atom. The van der Waals surface area contributed by atoms with Crippen LogP contribution in [0, 0.1) is 0 Å². The molecular formula is C9H13N7O. The molecule has 0 aliphatic carbocycles. The first-order valence-corrected chi connectivity index (χ1v) is 5.18. The number of rotatable bonds is 5. The molecule has 0 saturated heterocycles. The summed E-state index contributed by atoms with van der Waals surface area (Å²) in [6.45, 7) is 0.954. The second-order valence-corrected chi connectivity index (χ2v) is 3.60. The Hall–Kier alpha value is -2.25. The van der Waals surface area contributed by atoms with Crippen LogP contribution in [0.15, 0.2) is 18.7 Å². The van der Waals surface area contributed by atoms with Gasteiger partial charge in [0.05, 0.1) is 19.3 Å². The van der Waals surface area contributed by atoms with E-state index in [4.69, 9.17) is 0 Å². The maximum Gasteiger partial charge on any atom is 0.224 e. The molecule has 0 aromatic carbocycles. The fourth-order valence-corrected chi connectivity index (χ4v) is 1.37. The van der Waals surface area contributed by atoms with Gasteiger partial charge >= 0.3 is 0 Å². The third-order valence-electron chi connectivity index (χ3n) is 2.30. The van der Waals surface area contributed by atoms with Gasteiger partial charge in [0.2, 0.25) is 5.91 Å². The van der Waals surface area contributed by atoms with Crippen molar-refractivity contribution in [2.24, 2.45) is 0 Å². The van der Waals surface area contributed by atoms with Crippen LogP contribution in [0.1, 0.15) is 12.2 Å². The number of aromatic amines is 1. The maximum atomic E-state index is 11.8. The minimum absolute atomic E-state index is 0.0249. The lowest BCUT2D eigenvalue weighted by atomic mass is 10.3. The average molecular weight is 235 g/mol. The number of nitrogens with one attached hydrogen (secondary N) is 1. The van der Waals surface area contributed by atoms with Crippen molar-refractivity contribution in [2.45, 2.75) is 19.5 Å². The molecular weight excluding hydrogens is 222 g/mol. The highest BCUT2D eigenvalue weighted by Crippen LogP contribution is 1.99. The first-order chi connectivity index (χ1) is 8.25. The van der Waals surface area contributed by atoms with Gasteiger partial charge in [0, 0.05) is 19.7 Å². The summed E-state index contributed by atoms with van der Waals surface area (Å²) < 4.78 is 1.63. The summed E-state index contributed by atoms with van der Waals surface area (Å²) in [6, 6.07) is 0. The maximum absolute atomic E-state index is 11.8. The van der Waals surface area contributed by atoms with Gasteiger partial charge in [-0.05, 0) is 0 Å². The van der Waals surface area contributed by atoms with E-state index in [1.807, 2.05) is 0 Å². The molecule has 2 heterocycles. The first-order valence-electron chi connectivity index (χ1n) is 5.18. The molecule has 0 aliphatic heterocycles. The van der Waals surface area contributed by atoms with E-state index in [1.54, 1.807) is 29.0 Å². The molecule has 2 aromatic rings. The Bertz CT molecular complexity index is 450. The van der Waals surface area contributed by atoms with Crippen LogP contribution in [0.4, 0.5) is 0 Å². The smallest absolute Gasteiger partial charge is 0.224 e. The van der Waals surface area contributed by atoms with Crippen LogP contribution in [0.25, 0.3) is 0 Å². The standard InChI is InChI=1S/C9H13N7O/c1-15(6-8-10-7-12-13-8)9(17)2-4-16-5-3-11-14-16/h3,5,7H,2,4,6H2,1H3,(H,10,12,13). The highest BCUT2D eigenvalue weighted by atomic mass is 16.2. The highest BCUT2D eigenvalue weighted by molar-refractivity contribution is 5.75. The van der Waals surface area contributed by atoms with Crippen molar-refractivity contribution >= 4 is 5.91 Å². The molecule has 0 fully saturated rings. The van der Waals surface area contributed by atoms with Gasteiger partial charge in [0.15, 0.2) is 0 Å². The van der Waals surface area contributed by atoms with Gasteiger partial charge in [-0.3, -0.25) is 14.6 Å². The second-order valence-electron chi connectivity index (χ2n) is 3.60. The molecule has 1 N–H and O–H groups in total. The first kappa shape index (κ1) is 11.2. The lowest BCUT2D eigenvalue weighted by Gasteiger charge is -2.15. The molecule has 90 valence electrons. The van der Waals surface area contributed by atoms with E-state index >= 15 is 0 Å². The zero-order chi connectivity index (χ0) is 12.1. The third-order valence-corrected chi connectivity index (χ3v) is 2.30.